The van der Waals surface area contributed by atoms with E-state index in [1.54, 1.807) is 13.1 Å². The Morgan fingerprint density at radius 2 is 1.93 bits per heavy atom. The third-order valence-electron chi connectivity index (χ3n) is 4.83. The first-order chi connectivity index (χ1) is 14.1. The Morgan fingerprint density at radius 1 is 1.10 bits per heavy atom. The van der Waals surface area contributed by atoms with Crippen molar-refractivity contribution in [2.75, 3.05) is 6.61 Å². The minimum absolute atomic E-state index is 0.309. The molecule has 0 aliphatic heterocycles. The largest absolute Gasteiger partial charge is 0.488 e. The molecule has 0 unspecified atom stereocenters. The predicted octanol–water partition coefficient (Wildman–Crippen LogP) is 5.69. The zero-order valence-electron chi connectivity index (χ0n) is 16.3. The van der Waals surface area contributed by atoms with Crippen LogP contribution in [0.3, 0.4) is 0 Å². The summed E-state index contributed by atoms with van der Waals surface area (Å²) < 4.78 is 11.4. The van der Waals surface area contributed by atoms with Gasteiger partial charge in [-0.3, -0.25) is 0 Å². The smallest absolute Gasteiger partial charge is 0.357 e. The van der Waals surface area contributed by atoms with Crippen LogP contribution in [0.15, 0.2) is 48.7 Å². The molecule has 0 spiro atoms. The number of rotatable bonds is 6. The topological polar surface area (TPSA) is 64.2 Å². The first-order valence-electron chi connectivity index (χ1n) is 9.59. The molecule has 0 atom stereocenters. The summed E-state index contributed by atoms with van der Waals surface area (Å²) in [6.07, 6.45) is 2.33. The molecule has 0 saturated heterocycles. The molecule has 2 heterocycles. The molecule has 2 aromatic heterocycles. The number of aromatic nitrogens is 2. The van der Waals surface area contributed by atoms with E-state index in [-0.39, 0.29) is 0 Å². The second kappa shape index (κ2) is 8.13. The van der Waals surface area contributed by atoms with Gasteiger partial charge in [-0.1, -0.05) is 36.7 Å². The molecule has 148 valence electrons. The summed E-state index contributed by atoms with van der Waals surface area (Å²) in [6, 6.07) is 13.5. The highest BCUT2D eigenvalue weighted by molar-refractivity contribution is 6.30. The number of ether oxygens (including phenoxy) is 2. The van der Waals surface area contributed by atoms with E-state index in [1.807, 2.05) is 49.4 Å². The van der Waals surface area contributed by atoms with E-state index >= 15 is 0 Å². The summed E-state index contributed by atoms with van der Waals surface area (Å²) in [5.74, 6) is 0.336. The molecule has 0 amide bonds. The molecular weight excluding hydrogens is 388 g/mol. The van der Waals surface area contributed by atoms with E-state index in [4.69, 9.17) is 21.1 Å². The molecule has 0 aliphatic rings. The molecule has 4 aromatic rings. The van der Waals surface area contributed by atoms with Crippen molar-refractivity contribution in [3.8, 4) is 5.75 Å². The molecule has 0 bridgehead atoms. The van der Waals surface area contributed by atoms with E-state index < -0.39 is 5.97 Å². The average molecular weight is 409 g/mol. The van der Waals surface area contributed by atoms with Gasteiger partial charge in [0.2, 0.25) is 0 Å². The lowest BCUT2D eigenvalue weighted by Gasteiger charge is -2.11. The maximum Gasteiger partial charge on any atom is 0.357 e. The second-order valence-corrected chi connectivity index (χ2v) is 7.11. The van der Waals surface area contributed by atoms with E-state index in [2.05, 4.69) is 9.97 Å². The van der Waals surface area contributed by atoms with Crippen LogP contribution in [0.4, 0.5) is 0 Å². The number of pyridine rings is 1. The minimum Gasteiger partial charge on any atom is -0.488 e. The molecular formula is C23H21ClN2O3. The van der Waals surface area contributed by atoms with Crippen molar-refractivity contribution in [2.24, 2.45) is 0 Å². The summed E-state index contributed by atoms with van der Waals surface area (Å²) in [6.45, 7) is 4.50. The maximum atomic E-state index is 12.4. The number of aromatic amines is 1. The normalized spacial score (nSPS) is 11.1. The van der Waals surface area contributed by atoms with Gasteiger partial charge < -0.3 is 14.5 Å². The Bertz CT molecular complexity index is 1200. The van der Waals surface area contributed by atoms with Gasteiger partial charge in [0.05, 0.1) is 23.8 Å². The van der Waals surface area contributed by atoms with Gasteiger partial charge in [0.15, 0.2) is 5.69 Å². The third-order valence-corrected chi connectivity index (χ3v) is 5.07. The van der Waals surface area contributed by atoms with Crippen LogP contribution in [0, 0.1) is 0 Å². The Labute approximate surface area is 173 Å². The molecule has 0 saturated carbocycles. The number of hydrogen-bond acceptors (Lipinski definition) is 4. The highest BCUT2D eigenvalue weighted by atomic mass is 35.5. The fourth-order valence-electron chi connectivity index (χ4n) is 3.60. The van der Waals surface area contributed by atoms with Gasteiger partial charge >= 0.3 is 5.97 Å². The molecule has 0 fully saturated rings. The Balaban J connectivity index is 1.84. The Hall–Kier alpha value is -3.05. The van der Waals surface area contributed by atoms with E-state index in [0.717, 1.165) is 38.7 Å². The van der Waals surface area contributed by atoms with Gasteiger partial charge in [-0.2, -0.15) is 0 Å². The number of carbonyl (C=O) groups is 1. The second-order valence-electron chi connectivity index (χ2n) is 6.67. The first kappa shape index (κ1) is 19.3. The van der Waals surface area contributed by atoms with Gasteiger partial charge in [0.25, 0.3) is 0 Å². The number of aryl methyl sites for hydroxylation is 1. The van der Waals surface area contributed by atoms with Crippen LogP contribution in [0.5, 0.6) is 5.75 Å². The molecule has 0 aliphatic carbocycles. The van der Waals surface area contributed by atoms with Crippen LogP contribution >= 0.6 is 11.6 Å². The third kappa shape index (κ3) is 3.66. The quantitative estimate of drug-likeness (QED) is 0.416. The lowest BCUT2D eigenvalue weighted by molar-refractivity contribution is 0.0518. The van der Waals surface area contributed by atoms with Crippen molar-refractivity contribution >= 4 is 39.4 Å². The lowest BCUT2D eigenvalue weighted by Crippen LogP contribution is -2.10. The summed E-state index contributed by atoms with van der Waals surface area (Å²) in [7, 11) is 0. The molecule has 4 rings (SSSR count). The van der Waals surface area contributed by atoms with Crippen LogP contribution in [0.25, 0.3) is 21.8 Å². The van der Waals surface area contributed by atoms with Crippen molar-refractivity contribution in [3.05, 3.63) is 70.5 Å². The van der Waals surface area contributed by atoms with Crippen LogP contribution in [0.1, 0.15) is 35.5 Å². The lowest BCUT2D eigenvalue weighted by atomic mass is 10.0. The molecule has 5 nitrogen and oxygen atoms in total. The fraction of sp³-hybridized carbons (Fsp3) is 0.217. The van der Waals surface area contributed by atoms with Crippen molar-refractivity contribution < 1.29 is 14.3 Å². The van der Waals surface area contributed by atoms with E-state index in [1.165, 1.54) is 0 Å². The number of halogens is 1. The molecule has 2 aromatic carbocycles. The standard InChI is InChI=1S/C23H21ClN2O3/c1-3-16-20-18(12-25-22(16)23(27)28-4-2)26-17-9-6-10-19(21(17)20)29-13-14-7-5-8-15(24)11-14/h5-12,26H,3-4,13H2,1-2H3. The van der Waals surface area contributed by atoms with Gasteiger partial charge in [-0.05, 0) is 48.7 Å². The van der Waals surface area contributed by atoms with Crippen LogP contribution < -0.4 is 4.74 Å². The van der Waals surface area contributed by atoms with Gasteiger partial charge in [0, 0.05) is 15.8 Å². The maximum absolute atomic E-state index is 12.4. The number of nitrogens with zero attached hydrogens (tertiary/aromatic N) is 1. The molecule has 0 radical (unpaired) electrons. The number of fused-ring (bicyclic) bond motifs is 3. The number of carbonyl (C=O) groups excluding carboxylic acids is 1. The zero-order valence-corrected chi connectivity index (χ0v) is 17.0. The Morgan fingerprint density at radius 3 is 2.69 bits per heavy atom. The number of H-pyrrole nitrogens is 1. The average Bonchev–Trinajstić information content (AvgIpc) is 3.11. The summed E-state index contributed by atoms with van der Waals surface area (Å²) >= 11 is 6.08. The highest BCUT2D eigenvalue weighted by Gasteiger charge is 2.20. The number of benzene rings is 2. The number of nitrogens with one attached hydrogen (secondary N) is 1. The SMILES string of the molecule is CCOC(=O)c1ncc2[nH]c3cccc(OCc4cccc(Cl)c4)c3c2c1CC. The van der Waals surface area contributed by atoms with Gasteiger partial charge in [-0.15, -0.1) is 0 Å². The molecule has 29 heavy (non-hydrogen) atoms. The van der Waals surface area contributed by atoms with E-state index in [0.29, 0.717) is 30.4 Å². The molecule has 6 heteroatoms. The molecule has 1 N–H and O–H groups in total. The number of esters is 1. The Kier molecular flexibility index (Phi) is 5.41. The fourth-order valence-corrected chi connectivity index (χ4v) is 3.81. The van der Waals surface area contributed by atoms with Gasteiger partial charge in [0.1, 0.15) is 12.4 Å². The predicted molar refractivity (Wildman–Crippen MR) is 115 cm³/mol. The highest BCUT2D eigenvalue weighted by Crippen LogP contribution is 2.36. The van der Waals surface area contributed by atoms with Crippen LogP contribution in [-0.2, 0) is 17.8 Å². The van der Waals surface area contributed by atoms with Crippen LogP contribution in [0.2, 0.25) is 5.02 Å². The van der Waals surface area contributed by atoms with Crippen molar-refractivity contribution in [1.82, 2.24) is 9.97 Å². The minimum atomic E-state index is -0.405. The van der Waals surface area contributed by atoms with Crippen LogP contribution in [-0.4, -0.2) is 22.5 Å². The number of hydrogen-bond donors (Lipinski definition) is 1. The summed E-state index contributed by atoms with van der Waals surface area (Å²) in [4.78, 5) is 20.2. The monoisotopic (exact) mass is 408 g/mol. The zero-order chi connectivity index (χ0) is 20.4. The van der Waals surface area contributed by atoms with Crippen molar-refractivity contribution in [3.63, 3.8) is 0 Å². The summed E-state index contributed by atoms with van der Waals surface area (Å²) in [5.41, 5.74) is 3.99. The van der Waals surface area contributed by atoms with E-state index in [9.17, 15) is 4.79 Å². The van der Waals surface area contributed by atoms with Gasteiger partial charge in [-0.25, -0.2) is 9.78 Å². The van der Waals surface area contributed by atoms with Crippen molar-refractivity contribution in [1.29, 1.82) is 0 Å². The van der Waals surface area contributed by atoms with Crippen molar-refractivity contribution in [2.45, 2.75) is 26.9 Å². The summed E-state index contributed by atoms with van der Waals surface area (Å²) in [5, 5.41) is 2.56. The first-order valence-corrected chi connectivity index (χ1v) is 9.96.